The van der Waals surface area contributed by atoms with Crippen LogP contribution in [0, 0.1) is 13.8 Å². The number of pyridine rings is 2. The number of aromatic nitrogens is 5. The Hall–Kier alpha value is -2.89. The Kier molecular flexibility index (Phi) is 2.29. The van der Waals surface area contributed by atoms with E-state index in [2.05, 4.69) is 15.1 Å². The van der Waals surface area contributed by atoms with E-state index in [9.17, 15) is 0 Å². The van der Waals surface area contributed by atoms with E-state index >= 15 is 0 Å². The fourth-order valence-corrected chi connectivity index (χ4v) is 2.69. The zero-order valence-electron chi connectivity index (χ0n) is 11.8. The zero-order chi connectivity index (χ0) is 14.6. The summed E-state index contributed by atoms with van der Waals surface area (Å²) in [6.45, 7) is 3.98. The maximum Gasteiger partial charge on any atom is 0.137 e. The number of nitrogens with two attached hydrogens (primary N) is 1. The molecular formula is C15H14N6. The van der Waals surface area contributed by atoms with Crippen molar-refractivity contribution in [2.75, 3.05) is 5.73 Å². The lowest BCUT2D eigenvalue weighted by Gasteiger charge is -2.05. The number of anilines is 1. The van der Waals surface area contributed by atoms with E-state index in [0.717, 1.165) is 33.6 Å². The molecule has 0 amide bonds. The first-order chi connectivity index (χ1) is 10.1. The Morgan fingerprint density at radius 3 is 2.76 bits per heavy atom. The lowest BCUT2D eigenvalue weighted by molar-refractivity contribution is 0.852. The molecular weight excluding hydrogens is 264 g/mol. The van der Waals surface area contributed by atoms with Crippen LogP contribution in [0.1, 0.15) is 11.4 Å². The van der Waals surface area contributed by atoms with Crippen molar-refractivity contribution in [1.29, 1.82) is 0 Å². The first-order valence-electron chi connectivity index (χ1n) is 6.69. The summed E-state index contributed by atoms with van der Waals surface area (Å²) < 4.78 is 3.88. The van der Waals surface area contributed by atoms with Gasteiger partial charge in [-0.3, -0.25) is 0 Å². The van der Waals surface area contributed by atoms with Crippen molar-refractivity contribution in [3.63, 3.8) is 0 Å². The predicted molar refractivity (Wildman–Crippen MR) is 81.5 cm³/mol. The molecule has 21 heavy (non-hydrogen) atoms. The summed E-state index contributed by atoms with van der Waals surface area (Å²) in [4.78, 5) is 8.57. The number of rotatable bonds is 1. The minimum Gasteiger partial charge on any atom is -0.383 e. The maximum atomic E-state index is 5.96. The van der Waals surface area contributed by atoms with E-state index in [1.54, 1.807) is 6.20 Å². The van der Waals surface area contributed by atoms with Crippen molar-refractivity contribution >= 4 is 22.4 Å². The first kappa shape index (κ1) is 11.9. The summed E-state index contributed by atoms with van der Waals surface area (Å²) in [5.41, 5.74) is 10.7. The Balaban J connectivity index is 1.99. The standard InChI is InChI=1S/C15H14N6/c1-9-7-20-8-11(3-4-13(20)18-9)21-10(2)14-12(19-21)5-6-17-15(14)16/h3-8H,1-2H3,(H2,16,17). The van der Waals surface area contributed by atoms with Gasteiger partial charge in [0.05, 0.1) is 28.0 Å². The van der Waals surface area contributed by atoms with Crippen molar-refractivity contribution in [3.05, 3.63) is 48.2 Å². The van der Waals surface area contributed by atoms with E-state index in [-0.39, 0.29) is 0 Å². The topological polar surface area (TPSA) is 74.0 Å². The zero-order valence-corrected chi connectivity index (χ0v) is 11.8. The molecule has 0 fully saturated rings. The third-order valence-corrected chi connectivity index (χ3v) is 3.65. The van der Waals surface area contributed by atoms with Gasteiger partial charge >= 0.3 is 0 Å². The van der Waals surface area contributed by atoms with Crippen molar-refractivity contribution < 1.29 is 0 Å². The van der Waals surface area contributed by atoms with Crippen LogP contribution in [0.3, 0.4) is 0 Å². The molecule has 4 aromatic heterocycles. The second-order valence-corrected chi connectivity index (χ2v) is 5.12. The normalized spacial score (nSPS) is 11.5. The van der Waals surface area contributed by atoms with Gasteiger partial charge in [0.2, 0.25) is 0 Å². The van der Waals surface area contributed by atoms with Gasteiger partial charge in [0.15, 0.2) is 0 Å². The highest BCUT2D eigenvalue weighted by Gasteiger charge is 2.12. The summed E-state index contributed by atoms with van der Waals surface area (Å²) in [6, 6.07) is 5.86. The Bertz CT molecular complexity index is 979. The van der Waals surface area contributed by atoms with Gasteiger partial charge in [-0.05, 0) is 32.0 Å². The Morgan fingerprint density at radius 1 is 1.10 bits per heavy atom. The Morgan fingerprint density at radius 2 is 1.95 bits per heavy atom. The lowest BCUT2D eigenvalue weighted by Crippen LogP contribution is -2.00. The average molecular weight is 278 g/mol. The molecule has 0 spiro atoms. The molecule has 0 unspecified atom stereocenters. The van der Waals surface area contributed by atoms with Crippen LogP contribution < -0.4 is 5.73 Å². The van der Waals surface area contributed by atoms with Crippen LogP contribution in [0.15, 0.2) is 36.8 Å². The summed E-state index contributed by atoms with van der Waals surface area (Å²) >= 11 is 0. The second kappa shape index (κ2) is 4.05. The molecule has 0 atom stereocenters. The van der Waals surface area contributed by atoms with Crippen LogP contribution in [0.2, 0.25) is 0 Å². The molecule has 0 saturated heterocycles. The summed E-state index contributed by atoms with van der Waals surface area (Å²) in [6.07, 6.45) is 5.68. The van der Waals surface area contributed by atoms with Gasteiger partial charge in [-0.15, -0.1) is 0 Å². The van der Waals surface area contributed by atoms with Crippen LogP contribution in [-0.2, 0) is 0 Å². The highest BCUT2D eigenvalue weighted by atomic mass is 15.3. The van der Waals surface area contributed by atoms with Crippen molar-refractivity contribution in [2.45, 2.75) is 13.8 Å². The number of nitrogen functional groups attached to an aromatic ring is 1. The van der Waals surface area contributed by atoms with Gasteiger partial charge in [-0.25, -0.2) is 14.6 Å². The molecule has 4 heterocycles. The Labute approximate surface area is 120 Å². The molecule has 104 valence electrons. The number of aryl methyl sites for hydroxylation is 2. The third kappa shape index (κ3) is 1.69. The largest absolute Gasteiger partial charge is 0.383 e. The van der Waals surface area contributed by atoms with Crippen molar-refractivity contribution in [2.24, 2.45) is 0 Å². The maximum absolute atomic E-state index is 5.96. The molecule has 0 saturated carbocycles. The monoisotopic (exact) mass is 278 g/mol. The van der Waals surface area contributed by atoms with Gasteiger partial charge in [-0.1, -0.05) is 0 Å². The number of hydrogen-bond donors (Lipinski definition) is 1. The van der Waals surface area contributed by atoms with Gasteiger partial charge < -0.3 is 10.1 Å². The average Bonchev–Trinajstić information content (AvgIpc) is 2.98. The number of imidazole rings is 1. The fourth-order valence-electron chi connectivity index (χ4n) is 2.69. The molecule has 0 aromatic carbocycles. The van der Waals surface area contributed by atoms with Gasteiger partial charge in [0.25, 0.3) is 0 Å². The van der Waals surface area contributed by atoms with Crippen LogP contribution in [0.5, 0.6) is 0 Å². The molecule has 4 aromatic rings. The highest BCUT2D eigenvalue weighted by Crippen LogP contribution is 2.24. The number of fused-ring (bicyclic) bond motifs is 2. The molecule has 2 N–H and O–H groups in total. The van der Waals surface area contributed by atoms with E-state index in [0.29, 0.717) is 5.82 Å². The molecule has 0 bridgehead atoms. The van der Waals surface area contributed by atoms with Crippen molar-refractivity contribution in [1.82, 2.24) is 24.1 Å². The van der Waals surface area contributed by atoms with E-state index < -0.39 is 0 Å². The summed E-state index contributed by atoms with van der Waals surface area (Å²) in [7, 11) is 0. The minimum atomic E-state index is 0.510. The molecule has 0 aliphatic rings. The van der Waals surface area contributed by atoms with Gasteiger partial charge in [0.1, 0.15) is 11.5 Å². The van der Waals surface area contributed by atoms with E-state index in [1.807, 2.05) is 53.5 Å². The van der Waals surface area contributed by atoms with E-state index in [4.69, 9.17) is 5.73 Å². The van der Waals surface area contributed by atoms with Crippen LogP contribution in [0.4, 0.5) is 5.82 Å². The van der Waals surface area contributed by atoms with Gasteiger partial charge in [-0.2, -0.15) is 5.10 Å². The minimum absolute atomic E-state index is 0.510. The fraction of sp³-hybridized carbons (Fsp3) is 0.133. The smallest absolute Gasteiger partial charge is 0.137 e. The number of nitrogens with zero attached hydrogens (tertiary/aromatic N) is 5. The SMILES string of the molecule is Cc1cn2cc(-n3nc4ccnc(N)c4c3C)ccc2n1. The summed E-state index contributed by atoms with van der Waals surface area (Å²) in [5, 5.41) is 5.52. The lowest BCUT2D eigenvalue weighted by atomic mass is 10.2. The number of hydrogen-bond acceptors (Lipinski definition) is 4. The predicted octanol–water partition coefficient (Wildman–Crippen LogP) is 2.27. The molecule has 6 heteroatoms. The van der Waals surface area contributed by atoms with Crippen LogP contribution in [0.25, 0.3) is 22.2 Å². The van der Waals surface area contributed by atoms with Gasteiger partial charge in [0, 0.05) is 18.6 Å². The van der Waals surface area contributed by atoms with Crippen LogP contribution in [-0.4, -0.2) is 24.1 Å². The molecule has 4 rings (SSSR count). The van der Waals surface area contributed by atoms with Crippen molar-refractivity contribution in [3.8, 4) is 5.69 Å². The summed E-state index contributed by atoms with van der Waals surface area (Å²) in [5.74, 6) is 0.510. The molecule has 0 aliphatic heterocycles. The van der Waals surface area contributed by atoms with Crippen LogP contribution >= 0.6 is 0 Å². The molecule has 0 radical (unpaired) electrons. The second-order valence-electron chi connectivity index (χ2n) is 5.12. The first-order valence-corrected chi connectivity index (χ1v) is 6.69. The molecule has 0 aliphatic carbocycles. The quantitative estimate of drug-likeness (QED) is 0.579. The molecule has 6 nitrogen and oxygen atoms in total. The highest BCUT2D eigenvalue weighted by molar-refractivity contribution is 5.90. The third-order valence-electron chi connectivity index (χ3n) is 3.65. The van der Waals surface area contributed by atoms with E-state index in [1.165, 1.54) is 0 Å².